The molecule has 9 nitrogen and oxygen atoms in total. The van der Waals surface area contributed by atoms with Crippen LogP contribution in [0.5, 0.6) is 0 Å². The average Bonchev–Trinajstić information content (AvgIpc) is 3.33. The first-order valence-electron chi connectivity index (χ1n) is 12.0. The van der Waals surface area contributed by atoms with E-state index in [1.54, 1.807) is 77.2 Å². The van der Waals surface area contributed by atoms with E-state index in [0.717, 1.165) is 5.56 Å². The summed E-state index contributed by atoms with van der Waals surface area (Å²) in [6, 6.07) is 16.1. The van der Waals surface area contributed by atoms with Crippen molar-refractivity contribution in [3.63, 3.8) is 0 Å². The van der Waals surface area contributed by atoms with E-state index in [9.17, 15) is 24.9 Å². The van der Waals surface area contributed by atoms with E-state index in [1.807, 2.05) is 12.1 Å². The fourth-order valence-electron chi connectivity index (χ4n) is 6.14. The molecule has 3 aliphatic rings. The monoisotopic (exact) mass is 527 g/mol. The van der Waals surface area contributed by atoms with Crippen molar-refractivity contribution in [3.05, 3.63) is 59.2 Å². The number of ether oxygens (including phenoxy) is 1. The molecule has 2 aromatic carbocycles. The van der Waals surface area contributed by atoms with Crippen molar-refractivity contribution in [2.45, 2.75) is 44.2 Å². The average molecular weight is 528 g/mol. The first-order valence-corrected chi connectivity index (χ1v) is 12.4. The van der Waals surface area contributed by atoms with Gasteiger partial charge in [0, 0.05) is 24.0 Å². The number of para-hydroxylation sites is 1. The van der Waals surface area contributed by atoms with Crippen LogP contribution in [0.3, 0.4) is 0 Å². The Bertz CT molecular complexity index is 1530. The quantitative estimate of drug-likeness (QED) is 0.467. The van der Waals surface area contributed by atoms with Crippen LogP contribution >= 0.6 is 12.2 Å². The van der Waals surface area contributed by atoms with Gasteiger partial charge in [-0.15, -0.1) is 0 Å². The predicted molar refractivity (Wildman–Crippen MR) is 142 cm³/mol. The Labute approximate surface area is 225 Å². The second-order valence-electron chi connectivity index (χ2n) is 10.8. The molecule has 0 aromatic heterocycles. The number of aryl methyl sites for hydroxylation is 1. The highest BCUT2D eigenvalue weighted by molar-refractivity contribution is 7.80. The number of benzene rings is 2. The number of esters is 1. The zero-order valence-electron chi connectivity index (χ0n) is 21.6. The number of fused-ring (bicyclic) bond motifs is 5. The third kappa shape index (κ3) is 2.78. The van der Waals surface area contributed by atoms with Crippen LogP contribution in [0.15, 0.2) is 42.5 Å². The number of carbonyl (C=O) groups excluding carboxylic acids is 3. The number of hydrogen-bond donors (Lipinski definition) is 1. The highest BCUT2D eigenvalue weighted by atomic mass is 32.1. The van der Waals surface area contributed by atoms with Gasteiger partial charge in [0.1, 0.15) is 17.1 Å². The van der Waals surface area contributed by atoms with Crippen molar-refractivity contribution in [3.8, 4) is 12.1 Å². The summed E-state index contributed by atoms with van der Waals surface area (Å²) in [6.45, 7) is 6.47. The van der Waals surface area contributed by atoms with Crippen molar-refractivity contribution in [1.29, 1.82) is 10.5 Å². The SMILES string of the molecule is Cc1ccc2c(c1)[C@]1(C(=O)N2CC(=O)OC(C)(C)C)C(C#N)(C#N)C(=S)N[C@]12C(=O)N(C)c1ccccc12. The lowest BCUT2D eigenvalue weighted by molar-refractivity contribution is -0.153. The maximum Gasteiger partial charge on any atom is 0.326 e. The molecule has 3 heterocycles. The third-order valence-electron chi connectivity index (χ3n) is 7.52. The highest BCUT2D eigenvalue weighted by Crippen LogP contribution is 2.67. The summed E-state index contributed by atoms with van der Waals surface area (Å²) in [4.78, 5) is 44.5. The van der Waals surface area contributed by atoms with E-state index in [1.165, 1.54) is 9.80 Å². The summed E-state index contributed by atoms with van der Waals surface area (Å²) in [6.07, 6.45) is 0. The molecular weight excluding hydrogens is 502 g/mol. The van der Waals surface area contributed by atoms with Crippen LogP contribution in [0.1, 0.15) is 37.5 Å². The van der Waals surface area contributed by atoms with Crippen molar-refractivity contribution < 1.29 is 19.1 Å². The molecule has 2 spiro atoms. The molecule has 0 bridgehead atoms. The summed E-state index contributed by atoms with van der Waals surface area (Å²) in [5, 5.41) is 24.2. The van der Waals surface area contributed by atoms with Crippen molar-refractivity contribution in [1.82, 2.24) is 5.32 Å². The Balaban J connectivity index is 1.89. The van der Waals surface area contributed by atoms with E-state index in [4.69, 9.17) is 17.0 Å². The Morgan fingerprint density at radius 1 is 1.05 bits per heavy atom. The van der Waals surface area contributed by atoms with Crippen LogP contribution in [0.4, 0.5) is 11.4 Å². The Morgan fingerprint density at radius 3 is 2.34 bits per heavy atom. The lowest BCUT2D eigenvalue weighted by atomic mass is 9.53. The molecule has 5 rings (SSSR count). The van der Waals surface area contributed by atoms with Gasteiger partial charge in [0.2, 0.25) is 11.3 Å². The van der Waals surface area contributed by atoms with Crippen LogP contribution < -0.4 is 15.1 Å². The number of nitrogens with zero attached hydrogens (tertiary/aromatic N) is 4. The fourth-order valence-corrected chi connectivity index (χ4v) is 6.54. The van der Waals surface area contributed by atoms with E-state index in [0.29, 0.717) is 16.9 Å². The molecule has 2 atom stereocenters. The molecule has 2 amide bonds. The largest absolute Gasteiger partial charge is 0.459 e. The maximum atomic E-state index is 14.8. The number of carbonyl (C=O) groups is 3. The van der Waals surface area contributed by atoms with Crippen molar-refractivity contribution in [2.24, 2.45) is 5.41 Å². The molecule has 0 saturated carbocycles. The number of likely N-dealkylation sites (N-methyl/N-ethyl adjacent to an activating group) is 1. The first-order chi connectivity index (χ1) is 17.8. The molecule has 0 radical (unpaired) electrons. The van der Waals surface area contributed by atoms with Crippen LogP contribution in [0.25, 0.3) is 0 Å². The Morgan fingerprint density at radius 2 is 1.71 bits per heavy atom. The minimum Gasteiger partial charge on any atom is -0.459 e. The van der Waals surface area contributed by atoms with Gasteiger partial charge >= 0.3 is 5.97 Å². The molecule has 1 N–H and O–H groups in total. The Hall–Kier alpha value is -4.28. The zero-order chi connectivity index (χ0) is 27.8. The number of rotatable bonds is 2. The van der Waals surface area contributed by atoms with Gasteiger partial charge in [0.05, 0.1) is 12.1 Å². The van der Waals surface area contributed by atoms with Crippen molar-refractivity contribution >= 4 is 46.4 Å². The highest BCUT2D eigenvalue weighted by Gasteiger charge is 2.84. The summed E-state index contributed by atoms with van der Waals surface area (Å²) in [7, 11) is 1.57. The molecule has 2 aromatic rings. The van der Waals surface area contributed by atoms with E-state index in [2.05, 4.69) is 5.32 Å². The van der Waals surface area contributed by atoms with E-state index in [-0.39, 0.29) is 10.6 Å². The molecule has 192 valence electrons. The smallest absolute Gasteiger partial charge is 0.326 e. The van der Waals surface area contributed by atoms with Crippen LogP contribution in [-0.2, 0) is 30.1 Å². The van der Waals surface area contributed by atoms with E-state index < -0.39 is 46.3 Å². The summed E-state index contributed by atoms with van der Waals surface area (Å²) in [5.41, 5.74) is -4.82. The molecule has 38 heavy (non-hydrogen) atoms. The van der Waals surface area contributed by atoms with Gasteiger partial charge in [-0.3, -0.25) is 19.3 Å². The third-order valence-corrected chi connectivity index (χ3v) is 7.93. The van der Waals surface area contributed by atoms with Crippen LogP contribution in [0.2, 0.25) is 0 Å². The second kappa shape index (κ2) is 7.86. The summed E-state index contributed by atoms with van der Waals surface area (Å²) in [5.74, 6) is -1.96. The normalized spacial score (nSPS) is 24.8. The van der Waals surface area contributed by atoms with Gasteiger partial charge in [0.25, 0.3) is 5.91 Å². The second-order valence-corrected chi connectivity index (χ2v) is 11.2. The lowest BCUT2D eigenvalue weighted by Crippen LogP contribution is -2.65. The van der Waals surface area contributed by atoms with Gasteiger partial charge in [-0.1, -0.05) is 48.1 Å². The molecule has 10 heteroatoms. The standard InChI is InChI=1S/C28H25N5O4S/c1-16-10-11-20-18(12-16)27(23(35)33(20)13-21(34)37-25(2,3)4)26(14-29,15-30)22(38)31-28(27)17-8-6-7-9-19(17)32(5)24(28)36/h6-12H,13H2,1-5H3,(H,31,38)/t27-,28+/m0/s1. The van der Waals surface area contributed by atoms with Crippen LogP contribution in [0, 0.1) is 35.0 Å². The first kappa shape index (κ1) is 25.4. The van der Waals surface area contributed by atoms with Gasteiger partial charge in [-0.25, -0.2) is 0 Å². The molecular formula is C28H25N5O4S. The molecule has 0 aliphatic carbocycles. The Kier molecular flexibility index (Phi) is 5.25. The molecule has 0 unspecified atom stereocenters. The van der Waals surface area contributed by atoms with Gasteiger partial charge in [0.15, 0.2) is 11.0 Å². The number of nitriles is 2. The molecule has 1 saturated heterocycles. The lowest BCUT2D eigenvalue weighted by Gasteiger charge is -2.41. The zero-order valence-corrected chi connectivity index (χ0v) is 22.4. The number of amides is 2. The number of nitrogens with one attached hydrogen (secondary N) is 1. The fraction of sp³-hybridized carbons (Fsp3) is 0.357. The van der Waals surface area contributed by atoms with Gasteiger partial charge in [-0.2, -0.15) is 10.5 Å². The number of hydrogen-bond acceptors (Lipinski definition) is 7. The molecule has 1 fully saturated rings. The predicted octanol–water partition coefficient (Wildman–Crippen LogP) is 2.76. The topological polar surface area (TPSA) is 127 Å². The minimum absolute atomic E-state index is 0.221. The number of anilines is 2. The number of thiocarbonyl (C=S) groups is 1. The van der Waals surface area contributed by atoms with E-state index >= 15 is 0 Å². The van der Waals surface area contributed by atoms with Crippen molar-refractivity contribution in [2.75, 3.05) is 23.4 Å². The summed E-state index contributed by atoms with van der Waals surface area (Å²) < 4.78 is 5.50. The summed E-state index contributed by atoms with van der Waals surface area (Å²) >= 11 is 5.61. The minimum atomic E-state index is -2.25. The molecule has 3 aliphatic heterocycles. The van der Waals surface area contributed by atoms with Gasteiger partial charge in [-0.05, 0) is 45.4 Å². The maximum absolute atomic E-state index is 14.8. The van der Waals surface area contributed by atoms with Gasteiger partial charge < -0.3 is 15.0 Å². The van der Waals surface area contributed by atoms with Crippen LogP contribution in [-0.4, -0.2) is 42.0 Å².